The van der Waals surface area contributed by atoms with Crippen LogP contribution in [-0.4, -0.2) is 35.0 Å². The molecule has 0 spiro atoms. The van der Waals surface area contributed by atoms with Crippen LogP contribution < -0.4 is 5.73 Å². The van der Waals surface area contributed by atoms with Gasteiger partial charge in [0.25, 0.3) is 5.91 Å². The van der Waals surface area contributed by atoms with E-state index < -0.39 is 0 Å². The molecule has 0 atom stereocenters. The molecule has 3 N–H and O–H groups in total. The van der Waals surface area contributed by atoms with Crippen LogP contribution in [0, 0.1) is 6.92 Å². The zero-order chi connectivity index (χ0) is 13.8. The summed E-state index contributed by atoms with van der Waals surface area (Å²) in [5, 5.41) is 9.73. The molecule has 0 unspecified atom stereocenters. The van der Waals surface area contributed by atoms with Gasteiger partial charge in [-0.1, -0.05) is 18.9 Å². The molecule has 1 aromatic carbocycles. The van der Waals surface area contributed by atoms with Crippen molar-refractivity contribution in [1.29, 1.82) is 0 Å². The van der Waals surface area contributed by atoms with Gasteiger partial charge in [0.2, 0.25) is 0 Å². The molecule has 0 aliphatic heterocycles. The van der Waals surface area contributed by atoms with Crippen molar-refractivity contribution in [2.24, 2.45) is 5.73 Å². The van der Waals surface area contributed by atoms with E-state index in [1.54, 1.807) is 25.1 Å². The van der Waals surface area contributed by atoms with Crippen LogP contribution in [0.3, 0.4) is 0 Å². The molecule has 0 bridgehead atoms. The van der Waals surface area contributed by atoms with Gasteiger partial charge in [-0.15, -0.1) is 0 Å². The fourth-order valence-electron chi connectivity index (χ4n) is 2.81. The van der Waals surface area contributed by atoms with Gasteiger partial charge in [-0.05, 0) is 31.9 Å². The lowest BCUT2D eigenvalue weighted by Crippen LogP contribution is -2.42. The molecule has 104 valence electrons. The smallest absolute Gasteiger partial charge is 0.254 e. The number of hydrogen-bond acceptors (Lipinski definition) is 3. The molecule has 1 saturated carbocycles. The summed E-state index contributed by atoms with van der Waals surface area (Å²) in [7, 11) is 0. The molecular formula is C15H22N2O2. The topological polar surface area (TPSA) is 66.6 Å². The van der Waals surface area contributed by atoms with Crippen molar-refractivity contribution in [3.8, 4) is 5.75 Å². The van der Waals surface area contributed by atoms with Crippen LogP contribution in [0.25, 0.3) is 0 Å². The second kappa shape index (κ2) is 6.06. The van der Waals surface area contributed by atoms with E-state index in [1.165, 1.54) is 12.8 Å². The van der Waals surface area contributed by atoms with E-state index >= 15 is 0 Å². The quantitative estimate of drug-likeness (QED) is 0.872. The number of phenolic OH excluding ortho intramolecular Hbond substituents is 1. The Balaban J connectivity index is 2.25. The maximum Gasteiger partial charge on any atom is 0.254 e. The first kappa shape index (κ1) is 13.9. The average molecular weight is 262 g/mol. The Labute approximate surface area is 114 Å². The van der Waals surface area contributed by atoms with Gasteiger partial charge in [0.1, 0.15) is 5.75 Å². The van der Waals surface area contributed by atoms with Crippen LogP contribution >= 0.6 is 0 Å². The molecule has 1 aliphatic carbocycles. The number of hydrogen-bond donors (Lipinski definition) is 2. The highest BCUT2D eigenvalue weighted by atomic mass is 16.3. The SMILES string of the molecule is Cc1c(O)cccc1C(=O)N(CCN)C1CCCC1. The average Bonchev–Trinajstić information content (AvgIpc) is 2.92. The highest BCUT2D eigenvalue weighted by Crippen LogP contribution is 2.27. The third kappa shape index (κ3) is 2.89. The lowest BCUT2D eigenvalue weighted by Gasteiger charge is -2.29. The van der Waals surface area contributed by atoms with E-state index in [9.17, 15) is 9.90 Å². The maximum absolute atomic E-state index is 12.7. The number of amides is 1. The number of nitrogens with zero attached hydrogens (tertiary/aromatic N) is 1. The Kier molecular flexibility index (Phi) is 4.43. The monoisotopic (exact) mass is 262 g/mol. The lowest BCUT2D eigenvalue weighted by atomic mass is 10.0. The van der Waals surface area contributed by atoms with Crippen molar-refractivity contribution in [3.05, 3.63) is 29.3 Å². The second-order valence-electron chi connectivity index (χ2n) is 5.18. The van der Waals surface area contributed by atoms with E-state index in [1.807, 2.05) is 4.90 Å². The molecule has 2 rings (SSSR count). The summed E-state index contributed by atoms with van der Waals surface area (Å²) in [6.45, 7) is 2.83. The fraction of sp³-hybridized carbons (Fsp3) is 0.533. The summed E-state index contributed by atoms with van der Waals surface area (Å²) in [4.78, 5) is 14.5. The Hall–Kier alpha value is -1.55. The van der Waals surface area contributed by atoms with E-state index in [-0.39, 0.29) is 11.7 Å². The van der Waals surface area contributed by atoms with Crippen molar-refractivity contribution in [2.75, 3.05) is 13.1 Å². The number of rotatable bonds is 4. The van der Waals surface area contributed by atoms with E-state index in [0.29, 0.717) is 30.3 Å². The summed E-state index contributed by atoms with van der Waals surface area (Å²) in [6, 6.07) is 5.40. The minimum atomic E-state index is -0.00856. The van der Waals surface area contributed by atoms with Crippen molar-refractivity contribution in [3.63, 3.8) is 0 Å². The van der Waals surface area contributed by atoms with Crippen molar-refractivity contribution < 1.29 is 9.90 Å². The maximum atomic E-state index is 12.7. The number of phenols is 1. The molecule has 0 radical (unpaired) electrons. The van der Waals surface area contributed by atoms with Gasteiger partial charge >= 0.3 is 0 Å². The molecular weight excluding hydrogens is 240 g/mol. The minimum absolute atomic E-state index is 0.00856. The highest BCUT2D eigenvalue weighted by Gasteiger charge is 2.27. The standard InChI is InChI=1S/C15H22N2O2/c1-11-13(7-4-8-14(11)18)15(19)17(10-9-16)12-5-2-3-6-12/h4,7-8,12,18H,2-3,5-6,9-10,16H2,1H3. The van der Waals surface area contributed by atoms with Crippen LogP contribution in [0.5, 0.6) is 5.75 Å². The lowest BCUT2D eigenvalue weighted by molar-refractivity contribution is 0.0687. The van der Waals surface area contributed by atoms with Crippen LogP contribution in [0.2, 0.25) is 0 Å². The third-order valence-electron chi connectivity index (χ3n) is 3.93. The molecule has 0 heterocycles. The first-order valence-electron chi connectivity index (χ1n) is 6.94. The Bertz CT molecular complexity index is 453. The highest BCUT2D eigenvalue weighted by molar-refractivity contribution is 5.96. The summed E-state index contributed by atoms with van der Waals surface area (Å²) in [5.41, 5.74) is 6.87. The van der Waals surface area contributed by atoms with E-state index in [4.69, 9.17) is 5.73 Å². The predicted molar refractivity (Wildman–Crippen MR) is 75.2 cm³/mol. The second-order valence-corrected chi connectivity index (χ2v) is 5.18. The summed E-state index contributed by atoms with van der Waals surface area (Å²) in [5.74, 6) is 0.163. The van der Waals surface area contributed by atoms with Crippen molar-refractivity contribution >= 4 is 5.91 Å². The Morgan fingerprint density at radius 3 is 2.74 bits per heavy atom. The summed E-state index contributed by atoms with van der Waals surface area (Å²) in [6.07, 6.45) is 4.48. The van der Waals surface area contributed by atoms with Crippen molar-refractivity contribution in [2.45, 2.75) is 38.6 Å². The third-order valence-corrected chi connectivity index (χ3v) is 3.93. The number of aromatic hydroxyl groups is 1. The zero-order valence-electron chi connectivity index (χ0n) is 11.4. The van der Waals surface area contributed by atoms with Gasteiger partial charge in [0, 0.05) is 30.3 Å². The molecule has 1 fully saturated rings. The van der Waals surface area contributed by atoms with Crippen molar-refractivity contribution in [1.82, 2.24) is 4.90 Å². The zero-order valence-corrected chi connectivity index (χ0v) is 11.4. The number of carbonyl (C=O) groups is 1. The van der Waals surface area contributed by atoms with Crippen LogP contribution in [0.15, 0.2) is 18.2 Å². The summed E-state index contributed by atoms with van der Waals surface area (Å²) >= 11 is 0. The van der Waals surface area contributed by atoms with E-state index in [0.717, 1.165) is 12.8 Å². The molecule has 0 aromatic heterocycles. The number of benzene rings is 1. The number of carbonyl (C=O) groups excluding carboxylic acids is 1. The van der Waals surface area contributed by atoms with E-state index in [2.05, 4.69) is 0 Å². The number of nitrogens with two attached hydrogens (primary N) is 1. The largest absolute Gasteiger partial charge is 0.508 e. The first-order chi connectivity index (χ1) is 9.15. The van der Waals surface area contributed by atoms with Crippen LogP contribution in [0.4, 0.5) is 0 Å². The predicted octanol–water partition coefficient (Wildman–Crippen LogP) is 2.04. The molecule has 1 aromatic rings. The Morgan fingerprint density at radius 1 is 1.42 bits per heavy atom. The van der Waals surface area contributed by atoms with Crippen LogP contribution in [0.1, 0.15) is 41.6 Å². The molecule has 19 heavy (non-hydrogen) atoms. The van der Waals surface area contributed by atoms with Gasteiger partial charge in [-0.2, -0.15) is 0 Å². The molecule has 4 heteroatoms. The fourth-order valence-corrected chi connectivity index (χ4v) is 2.81. The molecule has 0 saturated heterocycles. The normalized spacial score (nSPS) is 15.7. The van der Waals surface area contributed by atoms with Crippen LogP contribution in [-0.2, 0) is 0 Å². The van der Waals surface area contributed by atoms with Gasteiger partial charge in [-0.3, -0.25) is 4.79 Å². The Morgan fingerprint density at radius 2 is 2.11 bits per heavy atom. The van der Waals surface area contributed by atoms with Gasteiger partial charge < -0.3 is 15.7 Å². The molecule has 1 amide bonds. The van der Waals surface area contributed by atoms with Gasteiger partial charge in [0.05, 0.1) is 0 Å². The molecule has 1 aliphatic rings. The molecule has 4 nitrogen and oxygen atoms in total. The van der Waals surface area contributed by atoms with Gasteiger partial charge in [0.15, 0.2) is 0 Å². The first-order valence-corrected chi connectivity index (χ1v) is 6.94. The summed E-state index contributed by atoms with van der Waals surface area (Å²) < 4.78 is 0. The van der Waals surface area contributed by atoms with Gasteiger partial charge in [-0.25, -0.2) is 0 Å². The minimum Gasteiger partial charge on any atom is -0.508 e.